The van der Waals surface area contributed by atoms with Crippen molar-refractivity contribution < 1.29 is 4.79 Å². The van der Waals surface area contributed by atoms with Crippen LogP contribution in [0, 0.1) is 0 Å². The molecule has 0 saturated carbocycles. The lowest BCUT2D eigenvalue weighted by molar-refractivity contribution is -0.109. The Morgan fingerprint density at radius 2 is 2.11 bits per heavy atom. The summed E-state index contributed by atoms with van der Waals surface area (Å²) in [6.45, 7) is 1.35. The molecule has 0 unspecified atom stereocenters. The van der Waals surface area contributed by atoms with Gasteiger partial charge >= 0.3 is 0 Å². The van der Waals surface area contributed by atoms with Gasteiger partial charge in [-0.15, -0.1) is 0 Å². The number of fused-ring (bicyclic) bond motifs is 1. The number of halogens is 1. The van der Waals surface area contributed by atoms with E-state index in [2.05, 4.69) is 15.6 Å². The summed E-state index contributed by atoms with van der Waals surface area (Å²) in [6, 6.07) is 5.50. The summed E-state index contributed by atoms with van der Waals surface area (Å²) in [5.41, 5.74) is 6.51. The van der Waals surface area contributed by atoms with Gasteiger partial charge in [-0.2, -0.15) is 0 Å². The Labute approximate surface area is 116 Å². The van der Waals surface area contributed by atoms with Crippen molar-refractivity contribution >= 4 is 40.3 Å². The van der Waals surface area contributed by atoms with Gasteiger partial charge in [0.15, 0.2) is 0 Å². The Balaban J connectivity index is 2.15. The minimum atomic E-state index is 0.542. The molecule has 5 nitrogen and oxygen atoms in total. The third-order valence-corrected chi connectivity index (χ3v) is 3.14. The Morgan fingerprint density at radius 1 is 1.26 bits per heavy atom. The summed E-state index contributed by atoms with van der Waals surface area (Å²) >= 11 is 5.99. The molecule has 100 valence electrons. The molecule has 19 heavy (non-hydrogen) atoms. The molecule has 0 saturated heterocycles. The van der Waals surface area contributed by atoms with Gasteiger partial charge in [-0.3, -0.25) is 4.79 Å². The average molecular weight is 279 g/mol. The fraction of sp³-hybridized carbons (Fsp3) is 0.231. The molecular formula is C13H15ClN4O. The van der Waals surface area contributed by atoms with E-state index in [1.54, 1.807) is 12.3 Å². The molecular weight excluding hydrogens is 264 g/mol. The first-order valence-corrected chi connectivity index (χ1v) is 6.35. The number of carbonyl (C=O) groups excluding carboxylic acids is 1. The van der Waals surface area contributed by atoms with Crippen molar-refractivity contribution in [1.82, 2.24) is 10.3 Å². The smallest absolute Gasteiger partial charge is 0.207 e. The second-order valence-electron chi connectivity index (χ2n) is 4.07. The second-order valence-corrected chi connectivity index (χ2v) is 4.48. The van der Waals surface area contributed by atoms with Gasteiger partial charge in [0, 0.05) is 30.1 Å². The third kappa shape index (κ3) is 3.06. The molecule has 0 atom stereocenters. The third-order valence-electron chi connectivity index (χ3n) is 2.81. The Morgan fingerprint density at radius 3 is 2.89 bits per heavy atom. The standard InChI is InChI=1S/C13H15ClN4O/c14-11-3-2-10-9(12(11)15)4-7-18-13(10)17-6-1-5-16-8-19/h2-4,7-8H,1,5-6,15H2,(H,16,19)(H,17,18). The highest BCUT2D eigenvalue weighted by Crippen LogP contribution is 2.31. The highest BCUT2D eigenvalue weighted by molar-refractivity contribution is 6.34. The average Bonchev–Trinajstić information content (AvgIpc) is 2.43. The van der Waals surface area contributed by atoms with Crippen LogP contribution in [0.25, 0.3) is 10.8 Å². The molecule has 0 spiro atoms. The van der Waals surface area contributed by atoms with Crippen LogP contribution in [0.4, 0.5) is 11.5 Å². The SMILES string of the molecule is Nc1c(Cl)ccc2c(NCCCNC=O)nccc12. The molecule has 4 N–H and O–H groups in total. The Kier molecular flexibility index (Phi) is 4.41. The fourth-order valence-corrected chi connectivity index (χ4v) is 2.01. The quantitative estimate of drug-likeness (QED) is 0.429. The zero-order chi connectivity index (χ0) is 13.7. The molecule has 1 heterocycles. The van der Waals surface area contributed by atoms with Gasteiger partial charge in [-0.25, -0.2) is 4.98 Å². The first-order valence-electron chi connectivity index (χ1n) is 5.97. The number of nitrogens with zero attached hydrogens (tertiary/aromatic N) is 1. The number of carbonyl (C=O) groups is 1. The summed E-state index contributed by atoms with van der Waals surface area (Å²) < 4.78 is 0. The molecule has 1 amide bonds. The van der Waals surface area contributed by atoms with E-state index >= 15 is 0 Å². The molecule has 0 radical (unpaired) electrons. The molecule has 0 aliphatic rings. The van der Waals surface area contributed by atoms with Gasteiger partial charge in [0.2, 0.25) is 6.41 Å². The van der Waals surface area contributed by atoms with Crippen LogP contribution in [0.3, 0.4) is 0 Å². The Bertz CT molecular complexity index is 588. The lowest BCUT2D eigenvalue weighted by atomic mass is 10.1. The maximum Gasteiger partial charge on any atom is 0.207 e. The predicted octanol–water partition coefficient (Wildman–Crippen LogP) is 2.02. The van der Waals surface area contributed by atoms with Crippen LogP contribution < -0.4 is 16.4 Å². The number of nitrogen functional groups attached to an aromatic ring is 1. The van der Waals surface area contributed by atoms with E-state index in [1.165, 1.54) is 0 Å². The number of amides is 1. The molecule has 1 aromatic heterocycles. The zero-order valence-corrected chi connectivity index (χ0v) is 11.1. The molecule has 2 rings (SSSR count). The van der Waals surface area contributed by atoms with E-state index in [0.717, 1.165) is 29.6 Å². The minimum absolute atomic E-state index is 0.542. The molecule has 0 fully saturated rings. The summed E-state index contributed by atoms with van der Waals surface area (Å²) in [4.78, 5) is 14.4. The largest absolute Gasteiger partial charge is 0.397 e. The first kappa shape index (κ1) is 13.4. The van der Waals surface area contributed by atoms with Crippen molar-refractivity contribution in [3.8, 4) is 0 Å². The summed E-state index contributed by atoms with van der Waals surface area (Å²) in [7, 11) is 0. The van der Waals surface area contributed by atoms with Gasteiger partial charge in [0.05, 0.1) is 10.7 Å². The second kappa shape index (κ2) is 6.24. The maximum absolute atomic E-state index is 10.1. The van der Waals surface area contributed by atoms with Gasteiger partial charge in [0.25, 0.3) is 0 Å². The zero-order valence-electron chi connectivity index (χ0n) is 10.3. The van der Waals surface area contributed by atoms with Crippen molar-refractivity contribution in [3.63, 3.8) is 0 Å². The highest BCUT2D eigenvalue weighted by atomic mass is 35.5. The summed E-state index contributed by atoms with van der Waals surface area (Å²) in [6.07, 6.45) is 3.21. The minimum Gasteiger partial charge on any atom is -0.397 e. The van der Waals surface area contributed by atoms with E-state index in [9.17, 15) is 4.79 Å². The summed E-state index contributed by atoms with van der Waals surface area (Å²) in [5.74, 6) is 0.770. The Hall–Kier alpha value is -2.01. The van der Waals surface area contributed by atoms with Crippen LogP contribution in [0.5, 0.6) is 0 Å². The number of nitrogens with two attached hydrogens (primary N) is 1. The predicted molar refractivity (Wildman–Crippen MR) is 78.3 cm³/mol. The molecule has 6 heteroatoms. The van der Waals surface area contributed by atoms with Crippen molar-refractivity contribution in [2.45, 2.75) is 6.42 Å². The topological polar surface area (TPSA) is 80.0 Å². The van der Waals surface area contributed by atoms with Crippen molar-refractivity contribution in [2.75, 3.05) is 24.1 Å². The van der Waals surface area contributed by atoms with E-state index in [1.807, 2.05) is 12.1 Å². The van der Waals surface area contributed by atoms with Crippen LogP contribution in [0.2, 0.25) is 5.02 Å². The van der Waals surface area contributed by atoms with Crippen LogP contribution >= 0.6 is 11.6 Å². The van der Waals surface area contributed by atoms with Crippen LogP contribution in [0.1, 0.15) is 6.42 Å². The van der Waals surface area contributed by atoms with Gasteiger partial charge in [-0.1, -0.05) is 11.6 Å². The van der Waals surface area contributed by atoms with Crippen molar-refractivity contribution in [2.24, 2.45) is 0 Å². The summed E-state index contributed by atoms with van der Waals surface area (Å²) in [5, 5.41) is 8.20. The molecule has 1 aromatic carbocycles. The van der Waals surface area contributed by atoms with Crippen LogP contribution in [-0.2, 0) is 4.79 Å². The number of pyridine rings is 1. The normalized spacial score (nSPS) is 10.4. The number of aromatic nitrogens is 1. The number of hydrogen-bond acceptors (Lipinski definition) is 4. The van der Waals surface area contributed by atoms with E-state index in [0.29, 0.717) is 23.7 Å². The van der Waals surface area contributed by atoms with Gasteiger partial charge in [0.1, 0.15) is 5.82 Å². The van der Waals surface area contributed by atoms with E-state index in [-0.39, 0.29) is 0 Å². The highest BCUT2D eigenvalue weighted by Gasteiger charge is 2.06. The number of benzene rings is 1. The van der Waals surface area contributed by atoms with Gasteiger partial charge in [-0.05, 0) is 24.6 Å². The fourth-order valence-electron chi connectivity index (χ4n) is 1.85. The molecule has 0 bridgehead atoms. The van der Waals surface area contributed by atoms with Crippen molar-refractivity contribution in [3.05, 3.63) is 29.4 Å². The molecule has 0 aliphatic carbocycles. The number of nitrogens with one attached hydrogen (secondary N) is 2. The number of anilines is 2. The van der Waals surface area contributed by atoms with Crippen molar-refractivity contribution in [1.29, 1.82) is 0 Å². The van der Waals surface area contributed by atoms with Crippen LogP contribution in [-0.4, -0.2) is 24.5 Å². The maximum atomic E-state index is 10.1. The number of hydrogen-bond donors (Lipinski definition) is 3. The van der Waals surface area contributed by atoms with Gasteiger partial charge < -0.3 is 16.4 Å². The lowest BCUT2D eigenvalue weighted by Crippen LogP contribution is -2.16. The lowest BCUT2D eigenvalue weighted by Gasteiger charge is -2.10. The number of rotatable bonds is 6. The van der Waals surface area contributed by atoms with E-state index in [4.69, 9.17) is 17.3 Å². The molecule has 0 aliphatic heterocycles. The monoisotopic (exact) mass is 278 g/mol. The van der Waals surface area contributed by atoms with Crippen LogP contribution in [0.15, 0.2) is 24.4 Å². The van der Waals surface area contributed by atoms with E-state index < -0.39 is 0 Å². The molecule has 2 aromatic rings. The first-order chi connectivity index (χ1) is 9.24.